The molecule has 182 valence electrons. The van der Waals surface area contributed by atoms with E-state index in [0.717, 1.165) is 42.9 Å². The molecule has 7 nitrogen and oxygen atoms in total. The fourth-order valence-electron chi connectivity index (χ4n) is 4.06. The van der Waals surface area contributed by atoms with Gasteiger partial charge in [0.05, 0.1) is 18.0 Å². The molecule has 0 bridgehead atoms. The molecule has 3 aromatic carbocycles. The van der Waals surface area contributed by atoms with Crippen molar-refractivity contribution in [3.8, 4) is 5.75 Å². The highest BCUT2D eigenvalue weighted by Crippen LogP contribution is 2.30. The molecule has 0 aromatic heterocycles. The standard InChI is InChI=1S/C27H29FN4O3/c1-2-35-23-10-5-7-19(15-23)18-29-26(33)20-11-12-25(32-13-3-4-14-32)24(16-20)31-27(34)30-22-9-6-8-21(28)17-22/h5-12,15-17H,2-4,13-14,18H2,1H3,(H,29,33)(H2,30,31,34). The van der Waals surface area contributed by atoms with Crippen molar-refractivity contribution >= 4 is 29.0 Å². The molecule has 0 spiro atoms. The lowest BCUT2D eigenvalue weighted by Gasteiger charge is -2.22. The fourth-order valence-corrected chi connectivity index (χ4v) is 4.06. The number of carbonyl (C=O) groups is 2. The zero-order chi connectivity index (χ0) is 24.6. The maximum atomic E-state index is 13.5. The summed E-state index contributed by atoms with van der Waals surface area (Å²) in [6.07, 6.45) is 2.13. The van der Waals surface area contributed by atoms with Gasteiger partial charge in [-0.3, -0.25) is 4.79 Å². The molecule has 1 fully saturated rings. The zero-order valence-electron chi connectivity index (χ0n) is 19.6. The summed E-state index contributed by atoms with van der Waals surface area (Å²) in [5.41, 5.74) is 3.05. The second-order valence-corrected chi connectivity index (χ2v) is 8.28. The Morgan fingerprint density at radius 2 is 1.77 bits per heavy atom. The van der Waals surface area contributed by atoms with Crippen molar-refractivity contribution in [1.82, 2.24) is 5.32 Å². The largest absolute Gasteiger partial charge is 0.494 e. The predicted molar refractivity (Wildman–Crippen MR) is 136 cm³/mol. The second kappa shape index (κ2) is 11.4. The predicted octanol–water partition coefficient (Wildman–Crippen LogP) is 5.40. The van der Waals surface area contributed by atoms with Gasteiger partial charge in [0.15, 0.2) is 0 Å². The number of rotatable bonds is 8. The minimum atomic E-state index is -0.513. The van der Waals surface area contributed by atoms with Gasteiger partial charge < -0.3 is 25.6 Å². The minimum absolute atomic E-state index is 0.256. The highest BCUT2D eigenvalue weighted by Gasteiger charge is 2.19. The normalized spacial score (nSPS) is 12.8. The topological polar surface area (TPSA) is 82.7 Å². The van der Waals surface area contributed by atoms with Crippen LogP contribution in [-0.4, -0.2) is 31.6 Å². The van der Waals surface area contributed by atoms with E-state index >= 15 is 0 Å². The molecule has 1 saturated heterocycles. The maximum absolute atomic E-state index is 13.5. The van der Waals surface area contributed by atoms with E-state index in [2.05, 4.69) is 20.9 Å². The third-order valence-electron chi connectivity index (χ3n) is 5.70. The summed E-state index contributed by atoms with van der Waals surface area (Å²) in [4.78, 5) is 27.7. The Balaban J connectivity index is 1.48. The Kier molecular flexibility index (Phi) is 7.82. The molecule has 0 aliphatic carbocycles. The maximum Gasteiger partial charge on any atom is 0.323 e. The molecule has 0 unspecified atom stereocenters. The van der Waals surface area contributed by atoms with Crippen molar-refractivity contribution in [3.63, 3.8) is 0 Å². The molecule has 3 N–H and O–H groups in total. The van der Waals surface area contributed by atoms with Gasteiger partial charge in [-0.25, -0.2) is 9.18 Å². The van der Waals surface area contributed by atoms with Gasteiger partial charge in [-0.1, -0.05) is 18.2 Å². The number of carbonyl (C=O) groups excluding carboxylic acids is 2. The Morgan fingerprint density at radius 1 is 0.971 bits per heavy atom. The number of hydrogen-bond donors (Lipinski definition) is 3. The summed E-state index contributed by atoms with van der Waals surface area (Å²) >= 11 is 0. The molecule has 1 aliphatic heterocycles. The SMILES string of the molecule is CCOc1cccc(CNC(=O)c2ccc(N3CCCC3)c(NC(=O)Nc3cccc(F)c3)c2)c1. The van der Waals surface area contributed by atoms with Crippen molar-refractivity contribution in [2.24, 2.45) is 0 Å². The van der Waals surface area contributed by atoms with Gasteiger partial charge in [-0.05, 0) is 73.9 Å². The van der Waals surface area contributed by atoms with Gasteiger partial charge in [-0.2, -0.15) is 0 Å². The number of halogens is 1. The van der Waals surface area contributed by atoms with Gasteiger partial charge in [-0.15, -0.1) is 0 Å². The van der Waals surface area contributed by atoms with Gasteiger partial charge in [0.2, 0.25) is 0 Å². The average Bonchev–Trinajstić information content (AvgIpc) is 3.38. The summed E-state index contributed by atoms with van der Waals surface area (Å²) in [5, 5.41) is 8.40. The molecule has 35 heavy (non-hydrogen) atoms. The van der Waals surface area contributed by atoms with E-state index in [4.69, 9.17) is 4.74 Å². The van der Waals surface area contributed by atoms with Crippen LogP contribution in [0.5, 0.6) is 5.75 Å². The van der Waals surface area contributed by atoms with E-state index in [1.54, 1.807) is 18.2 Å². The van der Waals surface area contributed by atoms with E-state index in [-0.39, 0.29) is 5.91 Å². The van der Waals surface area contributed by atoms with Crippen LogP contribution in [0.4, 0.5) is 26.2 Å². The van der Waals surface area contributed by atoms with E-state index < -0.39 is 11.8 Å². The van der Waals surface area contributed by atoms with Crippen molar-refractivity contribution < 1.29 is 18.7 Å². The summed E-state index contributed by atoms with van der Waals surface area (Å²) in [7, 11) is 0. The number of amides is 3. The van der Waals surface area contributed by atoms with Crippen LogP contribution in [0.2, 0.25) is 0 Å². The monoisotopic (exact) mass is 476 g/mol. The van der Waals surface area contributed by atoms with Gasteiger partial charge >= 0.3 is 6.03 Å². The second-order valence-electron chi connectivity index (χ2n) is 8.28. The molecule has 8 heteroatoms. The molecule has 0 atom stereocenters. The van der Waals surface area contributed by atoms with Crippen LogP contribution in [0, 0.1) is 5.82 Å². The minimum Gasteiger partial charge on any atom is -0.494 e. The molecule has 0 radical (unpaired) electrons. The lowest BCUT2D eigenvalue weighted by atomic mass is 10.1. The van der Waals surface area contributed by atoms with Crippen LogP contribution < -0.4 is 25.6 Å². The molecule has 1 heterocycles. The Morgan fingerprint density at radius 3 is 2.54 bits per heavy atom. The quantitative estimate of drug-likeness (QED) is 0.407. The number of nitrogens with one attached hydrogen (secondary N) is 3. The van der Waals surface area contributed by atoms with Crippen LogP contribution in [0.3, 0.4) is 0 Å². The first-order valence-corrected chi connectivity index (χ1v) is 11.7. The lowest BCUT2D eigenvalue weighted by Crippen LogP contribution is -2.26. The molecule has 0 saturated carbocycles. The van der Waals surface area contributed by atoms with Crippen LogP contribution in [-0.2, 0) is 6.54 Å². The van der Waals surface area contributed by atoms with Crippen LogP contribution >= 0.6 is 0 Å². The number of hydrogen-bond acceptors (Lipinski definition) is 4. The van der Waals surface area contributed by atoms with Crippen molar-refractivity contribution in [2.45, 2.75) is 26.3 Å². The van der Waals surface area contributed by atoms with Gasteiger partial charge in [0.1, 0.15) is 11.6 Å². The third-order valence-corrected chi connectivity index (χ3v) is 5.70. The number of anilines is 3. The number of urea groups is 1. The van der Waals surface area contributed by atoms with Crippen molar-refractivity contribution in [1.29, 1.82) is 0 Å². The number of benzene rings is 3. The van der Waals surface area contributed by atoms with E-state index in [1.165, 1.54) is 18.2 Å². The Bertz CT molecular complexity index is 1190. The summed E-state index contributed by atoms with van der Waals surface area (Å²) in [5.74, 6) is 0.0596. The summed E-state index contributed by atoms with van der Waals surface area (Å²) in [6, 6.07) is 18.0. The highest BCUT2D eigenvalue weighted by atomic mass is 19.1. The molecular formula is C27H29FN4O3. The number of ether oxygens (including phenoxy) is 1. The third kappa shape index (κ3) is 6.50. The summed E-state index contributed by atoms with van der Waals surface area (Å²) in [6.45, 7) is 4.59. The van der Waals surface area contributed by atoms with E-state index in [0.29, 0.717) is 30.1 Å². The lowest BCUT2D eigenvalue weighted by molar-refractivity contribution is 0.0951. The van der Waals surface area contributed by atoms with Crippen molar-refractivity contribution in [2.75, 3.05) is 35.2 Å². The molecule has 3 aromatic rings. The Labute approximate surface area is 204 Å². The molecule has 1 aliphatic rings. The first-order valence-electron chi connectivity index (χ1n) is 11.7. The van der Waals surface area contributed by atoms with E-state index in [9.17, 15) is 14.0 Å². The van der Waals surface area contributed by atoms with E-state index in [1.807, 2.05) is 37.3 Å². The first kappa shape index (κ1) is 24.1. The van der Waals surface area contributed by atoms with Crippen LogP contribution in [0.15, 0.2) is 66.7 Å². The highest BCUT2D eigenvalue weighted by molar-refractivity contribution is 6.04. The Hall–Kier alpha value is -4.07. The number of nitrogens with zero attached hydrogens (tertiary/aromatic N) is 1. The fraction of sp³-hybridized carbons (Fsp3) is 0.259. The van der Waals surface area contributed by atoms with Gasteiger partial charge in [0.25, 0.3) is 5.91 Å². The van der Waals surface area contributed by atoms with Crippen molar-refractivity contribution in [3.05, 3.63) is 83.7 Å². The first-order chi connectivity index (χ1) is 17.0. The average molecular weight is 477 g/mol. The van der Waals surface area contributed by atoms with Crippen LogP contribution in [0.25, 0.3) is 0 Å². The molecular weight excluding hydrogens is 447 g/mol. The molecule has 4 rings (SSSR count). The molecule has 3 amide bonds. The summed E-state index contributed by atoms with van der Waals surface area (Å²) < 4.78 is 19.0. The smallest absolute Gasteiger partial charge is 0.323 e. The zero-order valence-corrected chi connectivity index (χ0v) is 19.6. The van der Waals surface area contributed by atoms with Gasteiger partial charge in [0, 0.05) is 30.9 Å². The van der Waals surface area contributed by atoms with Crippen LogP contribution in [0.1, 0.15) is 35.7 Å².